The molecule has 4 nitrogen and oxygen atoms in total. The van der Waals surface area contributed by atoms with Crippen LogP contribution in [0.2, 0.25) is 0 Å². The molecule has 1 aliphatic rings. The molecule has 1 heterocycles. The lowest BCUT2D eigenvalue weighted by atomic mass is 10.1. The Balaban J connectivity index is 1.84. The normalized spacial score (nSPS) is 15.2. The Hall–Kier alpha value is -3.76. The quantitative estimate of drug-likeness (QED) is 0.623. The molecule has 3 aromatic rings. The molecule has 0 bridgehead atoms. The monoisotopic (exact) mass is 350 g/mol. The van der Waals surface area contributed by atoms with Crippen molar-refractivity contribution in [3.63, 3.8) is 0 Å². The second kappa shape index (κ2) is 6.52. The Morgan fingerprint density at radius 1 is 0.741 bits per heavy atom. The molecule has 0 spiro atoms. The summed E-state index contributed by atoms with van der Waals surface area (Å²) in [6.07, 6.45) is 0.0574. The van der Waals surface area contributed by atoms with Gasteiger partial charge in [-0.2, -0.15) is 10.5 Å². The maximum absolute atomic E-state index is 9.17. The summed E-state index contributed by atoms with van der Waals surface area (Å²) in [7, 11) is 0. The van der Waals surface area contributed by atoms with E-state index in [0.29, 0.717) is 11.1 Å². The van der Waals surface area contributed by atoms with Crippen LogP contribution in [0.15, 0.2) is 66.7 Å². The fourth-order valence-electron chi connectivity index (χ4n) is 3.77. The predicted molar refractivity (Wildman–Crippen MR) is 107 cm³/mol. The summed E-state index contributed by atoms with van der Waals surface area (Å²) in [6, 6.07) is 26.2. The number of fused-ring (bicyclic) bond motifs is 1. The van der Waals surface area contributed by atoms with Gasteiger partial charge in [-0.05, 0) is 74.0 Å². The van der Waals surface area contributed by atoms with Gasteiger partial charge in [-0.1, -0.05) is 12.1 Å². The van der Waals surface area contributed by atoms with Gasteiger partial charge < -0.3 is 9.80 Å². The van der Waals surface area contributed by atoms with Crippen LogP contribution in [0.4, 0.5) is 22.7 Å². The standard InChI is InChI=1S/C23H18N4/c1-16-13-19(15-25)9-12-21(16)27-17(2)26(22-5-3-4-6-23(22)27)20-10-7-18(14-24)8-11-20/h3-13,17H,1-2H3/t17-/m1/s1. The van der Waals surface area contributed by atoms with Gasteiger partial charge in [0, 0.05) is 11.4 Å². The third kappa shape index (κ3) is 2.69. The molecule has 0 unspecified atom stereocenters. The molecule has 0 aliphatic carbocycles. The van der Waals surface area contributed by atoms with Crippen molar-refractivity contribution in [3.8, 4) is 12.1 Å². The minimum absolute atomic E-state index is 0.0574. The van der Waals surface area contributed by atoms with Gasteiger partial charge >= 0.3 is 0 Å². The molecule has 27 heavy (non-hydrogen) atoms. The number of anilines is 4. The molecule has 0 saturated carbocycles. The fraction of sp³-hybridized carbons (Fsp3) is 0.130. The van der Waals surface area contributed by atoms with E-state index in [-0.39, 0.29) is 6.17 Å². The number of rotatable bonds is 2. The SMILES string of the molecule is Cc1cc(C#N)ccc1N1c2ccccc2N(c2ccc(C#N)cc2)[C@H]1C. The highest BCUT2D eigenvalue weighted by atomic mass is 15.4. The molecule has 1 atom stereocenters. The van der Waals surface area contributed by atoms with E-state index in [0.717, 1.165) is 28.3 Å². The summed E-state index contributed by atoms with van der Waals surface area (Å²) in [4.78, 5) is 4.57. The lowest BCUT2D eigenvalue weighted by Crippen LogP contribution is -2.35. The molecule has 4 heteroatoms. The van der Waals surface area contributed by atoms with Gasteiger partial charge in [0.2, 0.25) is 0 Å². The van der Waals surface area contributed by atoms with Crippen LogP contribution in [0.25, 0.3) is 0 Å². The summed E-state index contributed by atoms with van der Waals surface area (Å²) < 4.78 is 0. The van der Waals surface area contributed by atoms with Gasteiger partial charge in [0.15, 0.2) is 0 Å². The number of hydrogen-bond acceptors (Lipinski definition) is 4. The third-order valence-electron chi connectivity index (χ3n) is 5.01. The van der Waals surface area contributed by atoms with Crippen LogP contribution in [-0.4, -0.2) is 6.17 Å². The van der Waals surface area contributed by atoms with Crippen molar-refractivity contribution in [1.82, 2.24) is 0 Å². The molecule has 0 saturated heterocycles. The molecular weight excluding hydrogens is 332 g/mol. The van der Waals surface area contributed by atoms with E-state index in [1.54, 1.807) is 0 Å². The van der Waals surface area contributed by atoms with Gasteiger partial charge in [0.1, 0.15) is 6.17 Å². The van der Waals surface area contributed by atoms with Crippen LogP contribution < -0.4 is 9.80 Å². The van der Waals surface area contributed by atoms with Crippen molar-refractivity contribution in [2.45, 2.75) is 20.0 Å². The van der Waals surface area contributed by atoms with E-state index in [2.05, 4.69) is 41.0 Å². The summed E-state index contributed by atoms with van der Waals surface area (Å²) >= 11 is 0. The van der Waals surface area contributed by atoms with Gasteiger partial charge in [-0.15, -0.1) is 0 Å². The molecule has 3 aromatic carbocycles. The van der Waals surface area contributed by atoms with Gasteiger partial charge in [0.25, 0.3) is 0 Å². The maximum atomic E-state index is 9.17. The van der Waals surface area contributed by atoms with E-state index in [9.17, 15) is 0 Å². The number of aryl methyl sites for hydroxylation is 1. The molecule has 4 rings (SSSR count). The Kier molecular flexibility index (Phi) is 4.03. The Morgan fingerprint density at radius 3 is 1.93 bits per heavy atom. The predicted octanol–water partition coefficient (Wildman–Crippen LogP) is 5.37. The minimum Gasteiger partial charge on any atom is -0.319 e. The van der Waals surface area contributed by atoms with Crippen molar-refractivity contribution < 1.29 is 0 Å². The van der Waals surface area contributed by atoms with Crippen molar-refractivity contribution in [1.29, 1.82) is 10.5 Å². The highest BCUT2D eigenvalue weighted by molar-refractivity contribution is 5.88. The maximum Gasteiger partial charge on any atom is 0.108 e. The lowest BCUT2D eigenvalue weighted by molar-refractivity contribution is 0.759. The first-order valence-electron chi connectivity index (χ1n) is 8.82. The molecule has 0 radical (unpaired) electrons. The first kappa shape index (κ1) is 16.7. The molecule has 1 aliphatic heterocycles. The van der Waals surface area contributed by atoms with E-state index < -0.39 is 0 Å². The fourth-order valence-corrected chi connectivity index (χ4v) is 3.77. The topological polar surface area (TPSA) is 54.1 Å². The van der Waals surface area contributed by atoms with Crippen LogP contribution in [0, 0.1) is 29.6 Å². The van der Waals surface area contributed by atoms with Crippen LogP contribution in [0.3, 0.4) is 0 Å². The van der Waals surface area contributed by atoms with E-state index in [1.807, 2.05) is 61.5 Å². The van der Waals surface area contributed by atoms with E-state index in [1.165, 1.54) is 0 Å². The first-order chi connectivity index (χ1) is 13.1. The highest BCUT2D eigenvalue weighted by Crippen LogP contribution is 2.48. The van der Waals surface area contributed by atoms with Crippen molar-refractivity contribution in [2.24, 2.45) is 0 Å². The largest absolute Gasteiger partial charge is 0.319 e. The highest BCUT2D eigenvalue weighted by Gasteiger charge is 2.35. The zero-order valence-electron chi connectivity index (χ0n) is 15.2. The molecule has 0 N–H and O–H groups in total. The Bertz CT molecular complexity index is 1090. The summed E-state index contributed by atoms with van der Waals surface area (Å²) in [6.45, 7) is 4.20. The van der Waals surface area contributed by atoms with Gasteiger partial charge in [0.05, 0.1) is 34.6 Å². The smallest absolute Gasteiger partial charge is 0.108 e. The lowest BCUT2D eigenvalue weighted by Gasteiger charge is -2.31. The van der Waals surface area contributed by atoms with Crippen LogP contribution in [-0.2, 0) is 0 Å². The number of hydrogen-bond donors (Lipinski definition) is 0. The Morgan fingerprint density at radius 2 is 1.33 bits per heavy atom. The summed E-state index contributed by atoms with van der Waals surface area (Å²) in [5.74, 6) is 0. The van der Waals surface area contributed by atoms with Gasteiger partial charge in [-0.25, -0.2) is 0 Å². The third-order valence-corrected chi connectivity index (χ3v) is 5.01. The molecule has 0 aromatic heterocycles. The van der Waals surface area contributed by atoms with Crippen molar-refractivity contribution in [2.75, 3.05) is 9.80 Å². The number of nitriles is 2. The first-order valence-corrected chi connectivity index (χ1v) is 8.82. The number of benzene rings is 3. The molecular formula is C23H18N4. The van der Waals surface area contributed by atoms with Crippen molar-refractivity contribution in [3.05, 3.63) is 83.4 Å². The minimum atomic E-state index is 0.0574. The van der Waals surface area contributed by atoms with Gasteiger partial charge in [-0.3, -0.25) is 0 Å². The van der Waals surface area contributed by atoms with Crippen molar-refractivity contribution >= 4 is 22.7 Å². The molecule has 0 amide bonds. The second-order valence-corrected chi connectivity index (χ2v) is 6.63. The van der Waals surface area contributed by atoms with Crippen LogP contribution in [0.1, 0.15) is 23.6 Å². The van der Waals surface area contributed by atoms with Crippen LogP contribution >= 0.6 is 0 Å². The number of nitrogens with zero attached hydrogens (tertiary/aromatic N) is 4. The molecule has 130 valence electrons. The van der Waals surface area contributed by atoms with Crippen LogP contribution in [0.5, 0.6) is 0 Å². The van der Waals surface area contributed by atoms with E-state index >= 15 is 0 Å². The molecule has 0 fully saturated rings. The summed E-state index contributed by atoms with van der Waals surface area (Å²) in [5, 5.41) is 18.2. The number of para-hydroxylation sites is 2. The second-order valence-electron chi connectivity index (χ2n) is 6.63. The zero-order valence-corrected chi connectivity index (χ0v) is 15.2. The summed E-state index contributed by atoms with van der Waals surface area (Å²) in [5.41, 5.74) is 6.77. The average Bonchev–Trinajstić information content (AvgIpc) is 3.00. The average molecular weight is 350 g/mol. The van der Waals surface area contributed by atoms with E-state index in [4.69, 9.17) is 10.5 Å². The Labute approximate surface area is 159 Å². The zero-order chi connectivity index (χ0) is 19.0.